The number of nitrogens with zero attached hydrogens (tertiary/aromatic N) is 3. The number of anilines is 2. The molecular weight excluding hydrogens is 390 g/mol. The van der Waals surface area contributed by atoms with Gasteiger partial charge < -0.3 is 16.0 Å². The van der Waals surface area contributed by atoms with Crippen LogP contribution in [0.5, 0.6) is 0 Å². The zero-order valence-corrected chi connectivity index (χ0v) is 17.6. The predicted molar refractivity (Wildman–Crippen MR) is 128 cm³/mol. The summed E-state index contributed by atoms with van der Waals surface area (Å²) in [7, 11) is 0. The van der Waals surface area contributed by atoms with Gasteiger partial charge in [-0.2, -0.15) is 0 Å². The van der Waals surface area contributed by atoms with E-state index in [0.717, 1.165) is 53.5 Å². The molecule has 0 amide bonds. The van der Waals surface area contributed by atoms with E-state index >= 15 is 0 Å². The maximum atomic E-state index is 7.81. The van der Waals surface area contributed by atoms with Gasteiger partial charge in [0.2, 0.25) is 0 Å². The third-order valence-electron chi connectivity index (χ3n) is 5.31. The molecule has 1 aliphatic heterocycles. The second kappa shape index (κ2) is 9.13. The van der Waals surface area contributed by atoms with Crippen LogP contribution in [-0.2, 0) is 0 Å². The van der Waals surface area contributed by atoms with Crippen LogP contribution in [0.2, 0.25) is 0 Å². The van der Waals surface area contributed by atoms with Crippen molar-refractivity contribution in [1.82, 2.24) is 9.97 Å². The molecule has 6 heteroatoms. The van der Waals surface area contributed by atoms with Crippen molar-refractivity contribution in [3.05, 3.63) is 65.4 Å². The van der Waals surface area contributed by atoms with Gasteiger partial charge in [-0.25, -0.2) is 9.97 Å². The number of thiol groups is 1. The summed E-state index contributed by atoms with van der Waals surface area (Å²) in [5.41, 5.74) is 9.88. The first kappa shape index (κ1) is 20.2. The molecule has 3 aromatic rings. The summed E-state index contributed by atoms with van der Waals surface area (Å²) in [6.45, 7) is 1.92. The molecule has 0 atom stereocenters. The SMILES string of the molecule is N=Cc1c(N)cccc1-c1nc(/C=C/c2ccccc2)c(S)c(N2CCCCC2)n1. The summed E-state index contributed by atoms with van der Waals surface area (Å²) in [6.07, 6.45) is 8.81. The Morgan fingerprint density at radius 1 is 0.933 bits per heavy atom. The zero-order valence-electron chi connectivity index (χ0n) is 16.8. The van der Waals surface area contributed by atoms with Crippen molar-refractivity contribution < 1.29 is 0 Å². The number of hydrogen-bond donors (Lipinski definition) is 3. The van der Waals surface area contributed by atoms with Crippen LogP contribution in [0.25, 0.3) is 23.5 Å². The fourth-order valence-electron chi connectivity index (χ4n) is 3.70. The summed E-state index contributed by atoms with van der Waals surface area (Å²) in [6, 6.07) is 15.7. The number of benzene rings is 2. The topological polar surface area (TPSA) is 78.9 Å². The van der Waals surface area contributed by atoms with Gasteiger partial charge in [0, 0.05) is 36.1 Å². The predicted octanol–water partition coefficient (Wildman–Crippen LogP) is 5.17. The first-order valence-electron chi connectivity index (χ1n) is 10.2. The fraction of sp³-hybridized carbons (Fsp3) is 0.208. The highest BCUT2D eigenvalue weighted by Gasteiger charge is 2.20. The van der Waals surface area contributed by atoms with Crippen LogP contribution in [0, 0.1) is 5.41 Å². The molecule has 0 saturated carbocycles. The first-order valence-corrected chi connectivity index (χ1v) is 10.6. The monoisotopic (exact) mass is 415 g/mol. The number of nitrogens with one attached hydrogen (secondary N) is 1. The number of aromatic nitrogens is 2. The van der Waals surface area contributed by atoms with E-state index in [1.165, 1.54) is 12.6 Å². The van der Waals surface area contributed by atoms with Gasteiger partial charge in [0.05, 0.1) is 10.6 Å². The van der Waals surface area contributed by atoms with Gasteiger partial charge in [0.25, 0.3) is 0 Å². The molecule has 2 heterocycles. The molecule has 0 unspecified atom stereocenters. The Labute approximate surface area is 182 Å². The van der Waals surface area contributed by atoms with E-state index < -0.39 is 0 Å². The third kappa shape index (κ3) is 4.24. The highest BCUT2D eigenvalue weighted by molar-refractivity contribution is 7.80. The Morgan fingerprint density at radius 2 is 1.70 bits per heavy atom. The van der Waals surface area contributed by atoms with Crippen LogP contribution in [0.1, 0.15) is 36.1 Å². The molecule has 5 nitrogen and oxygen atoms in total. The third-order valence-corrected chi connectivity index (χ3v) is 5.74. The van der Waals surface area contributed by atoms with Gasteiger partial charge in [-0.05, 0) is 37.0 Å². The summed E-state index contributed by atoms with van der Waals surface area (Å²) in [5, 5.41) is 7.81. The van der Waals surface area contributed by atoms with Crippen LogP contribution in [0.15, 0.2) is 53.4 Å². The zero-order chi connectivity index (χ0) is 20.9. The van der Waals surface area contributed by atoms with E-state index in [-0.39, 0.29) is 0 Å². The van der Waals surface area contributed by atoms with E-state index in [1.807, 2.05) is 54.6 Å². The molecule has 1 aliphatic rings. The molecule has 1 fully saturated rings. The highest BCUT2D eigenvalue weighted by Crippen LogP contribution is 2.32. The molecule has 3 N–H and O–H groups in total. The molecule has 0 aliphatic carbocycles. The molecule has 30 heavy (non-hydrogen) atoms. The van der Waals surface area contributed by atoms with E-state index in [9.17, 15) is 0 Å². The van der Waals surface area contributed by atoms with Crippen molar-refractivity contribution in [1.29, 1.82) is 5.41 Å². The Hall–Kier alpha value is -3.12. The van der Waals surface area contributed by atoms with Crippen LogP contribution in [0.3, 0.4) is 0 Å². The van der Waals surface area contributed by atoms with Gasteiger partial charge in [0.1, 0.15) is 5.82 Å². The molecule has 152 valence electrons. The van der Waals surface area contributed by atoms with Crippen LogP contribution < -0.4 is 10.6 Å². The fourth-order valence-corrected chi connectivity index (χ4v) is 4.02. The lowest BCUT2D eigenvalue weighted by atomic mass is 10.1. The summed E-state index contributed by atoms with van der Waals surface area (Å²) < 4.78 is 0. The summed E-state index contributed by atoms with van der Waals surface area (Å²) in [4.78, 5) is 12.7. The second-order valence-electron chi connectivity index (χ2n) is 7.35. The quantitative estimate of drug-likeness (QED) is 0.305. The normalized spacial score (nSPS) is 14.2. The molecular formula is C24H25N5S. The lowest BCUT2D eigenvalue weighted by molar-refractivity contribution is 0.570. The van der Waals surface area contributed by atoms with Gasteiger partial charge >= 0.3 is 0 Å². The summed E-state index contributed by atoms with van der Waals surface area (Å²) >= 11 is 4.81. The average Bonchev–Trinajstić information content (AvgIpc) is 2.79. The van der Waals surface area contributed by atoms with E-state index in [2.05, 4.69) is 4.90 Å². The molecule has 2 aromatic carbocycles. The van der Waals surface area contributed by atoms with Crippen LogP contribution in [0.4, 0.5) is 11.5 Å². The smallest absolute Gasteiger partial charge is 0.162 e. The Kier molecular flexibility index (Phi) is 6.14. The lowest BCUT2D eigenvalue weighted by Gasteiger charge is -2.29. The Morgan fingerprint density at radius 3 is 2.43 bits per heavy atom. The summed E-state index contributed by atoms with van der Waals surface area (Å²) in [5.74, 6) is 1.40. The van der Waals surface area contributed by atoms with Crippen molar-refractivity contribution >= 4 is 42.5 Å². The van der Waals surface area contributed by atoms with Crippen LogP contribution >= 0.6 is 12.6 Å². The maximum Gasteiger partial charge on any atom is 0.162 e. The molecule has 0 spiro atoms. The van der Waals surface area contributed by atoms with E-state index in [4.69, 9.17) is 33.7 Å². The Bertz CT molecular complexity index is 1070. The van der Waals surface area contributed by atoms with Gasteiger partial charge in [-0.15, -0.1) is 12.6 Å². The molecule has 4 rings (SSSR count). The minimum atomic E-state index is 0.543. The number of nitrogen functional groups attached to an aromatic ring is 1. The number of hydrogen-bond acceptors (Lipinski definition) is 6. The van der Waals surface area contributed by atoms with Crippen molar-refractivity contribution in [3.63, 3.8) is 0 Å². The second-order valence-corrected chi connectivity index (χ2v) is 7.80. The van der Waals surface area contributed by atoms with Crippen molar-refractivity contribution in [2.45, 2.75) is 24.2 Å². The van der Waals surface area contributed by atoms with Crippen molar-refractivity contribution in [2.24, 2.45) is 0 Å². The molecule has 0 radical (unpaired) electrons. The van der Waals surface area contributed by atoms with E-state index in [1.54, 1.807) is 6.07 Å². The standard InChI is InChI=1S/C24H25N5S/c25-16-19-18(10-7-11-20(19)26)23-27-21(13-12-17-8-3-1-4-9-17)22(30)24(28-23)29-14-5-2-6-15-29/h1,3-4,7-13,16,25,30H,2,5-6,14-15,26H2/b13-12+,25-16?. The highest BCUT2D eigenvalue weighted by atomic mass is 32.1. The Balaban J connectivity index is 1.85. The average molecular weight is 416 g/mol. The molecule has 0 bridgehead atoms. The molecule has 1 aromatic heterocycles. The first-order chi connectivity index (χ1) is 14.7. The van der Waals surface area contributed by atoms with Crippen molar-refractivity contribution in [3.8, 4) is 11.4 Å². The number of nitrogens with two attached hydrogens (primary N) is 1. The number of rotatable bonds is 5. The maximum absolute atomic E-state index is 7.81. The van der Waals surface area contributed by atoms with Crippen LogP contribution in [-0.4, -0.2) is 29.3 Å². The van der Waals surface area contributed by atoms with Gasteiger partial charge in [0.15, 0.2) is 5.82 Å². The minimum Gasteiger partial charge on any atom is -0.398 e. The lowest BCUT2D eigenvalue weighted by Crippen LogP contribution is -2.31. The minimum absolute atomic E-state index is 0.543. The van der Waals surface area contributed by atoms with Gasteiger partial charge in [-0.3, -0.25) is 0 Å². The molecule has 1 saturated heterocycles. The number of piperidine rings is 1. The van der Waals surface area contributed by atoms with E-state index in [0.29, 0.717) is 17.1 Å². The largest absolute Gasteiger partial charge is 0.398 e. The van der Waals surface area contributed by atoms with Crippen molar-refractivity contribution in [2.75, 3.05) is 23.7 Å². The van der Waals surface area contributed by atoms with Gasteiger partial charge in [-0.1, -0.05) is 48.5 Å².